The molecule has 2 aromatic heterocycles. The molecule has 7 heteroatoms. The summed E-state index contributed by atoms with van der Waals surface area (Å²) in [6.45, 7) is 0.568. The lowest BCUT2D eigenvalue weighted by molar-refractivity contribution is 0.809. The normalized spacial score (nSPS) is 10.1. The van der Waals surface area contributed by atoms with Crippen molar-refractivity contribution in [3.05, 3.63) is 24.5 Å². The second-order valence-corrected chi connectivity index (χ2v) is 3.25. The highest BCUT2D eigenvalue weighted by Gasteiger charge is 2.01. The molecule has 2 N–H and O–H groups in total. The van der Waals surface area contributed by atoms with Crippen molar-refractivity contribution >= 4 is 11.6 Å². The predicted molar refractivity (Wildman–Crippen MR) is 59.9 cm³/mol. The van der Waals surface area contributed by atoms with Gasteiger partial charge in [0.05, 0.1) is 18.9 Å². The Balaban J connectivity index is 2.02. The molecule has 0 aliphatic rings. The van der Waals surface area contributed by atoms with Crippen molar-refractivity contribution < 1.29 is 0 Å². The van der Waals surface area contributed by atoms with Crippen LogP contribution in [0.3, 0.4) is 0 Å². The predicted octanol–water partition coefficient (Wildman–Crippen LogP) is 0.259. The Morgan fingerprint density at radius 1 is 1.31 bits per heavy atom. The molecular weight excluding hydrogens is 206 g/mol. The van der Waals surface area contributed by atoms with E-state index in [1.807, 2.05) is 11.6 Å². The summed E-state index contributed by atoms with van der Waals surface area (Å²) in [5.74, 6) is 2.27. The number of hydrogen-bond acceptors (Lipinski definition) is 6. The van der Waals surface area contributed by atoms with Crippen LogP contribution in [-0.4, -0.2) is 31.8 Å². The number of nitrogens with zero attached hydrogens (tertiary/aromatic N) is 5. The minimum Gasteiger partial charge on any atom is -0.372 e. The maximum atomic E-state index is 4.28. The minimum absolute atomic E-state index is 0.568. The lowest BCUT2D eigenvalue weighted by Crippen LogP contribution is -2.07. The van der Waals surface area contributed by atoms with Crippen LogP contribution in [0.15, 0.2) is 18.7 Å². The standard InChI is InChI=1S/C9H13N7/c1-10-7-3-11-4-8(14-7)12-5-9-15-13-6-16(9)2/h3-4,6H,5H2,1-2H3,(H2,10,12,14). The van der Waals surface area contributed by atoms with Crippen molar-refractivity contribution in [2.75, 3.05) is 17.7 Å². The van der Waals surface area contributed by atoms with Gasteiger partial charge in [0.15, 0.2) is 5.82 Å². The molecule has 0 aliphatic heterocycles. The van der Waals surface area contributed by atoms with Crippen molar-refractivity contribution in [2.45, 2.75) is 6.54 Å². The zero-order valence-electron chi connectivity index (χ0n) is 9.18. The first kappa shape index (κ1) is 10.3. The van der Waals surface area contributed by atoms with Crippen molar-refractivity contribution in [1.29, 1.82) is 0 Å². The zero-order valence-corrected chi connectivity index (χ0v) is 9.18. The maximum Gasteiger partial charge on any atom is 0.151 e. The van der Waals surface area contributed by atoms with Crippen LogP contribution in [0.1, 0.15) is 5.82 Å². The molecule has 2 aromatic rings. The lowest BCUT2D eigenvalue weighted by atomic mass is 10.5. The molecular formula is C9H13N7. The van der Waals surface area contributed by atoms with Crippen LogP contribution in [0, 0.1) is 0 Å². The fourth-order valence-corrected chi connectivity index (χ4v) is 1.21. The van der Waals surface area contributed by atoms with E-state index in [9.17, 15) is 0 Å². The molecule has 0 fully saturated rings. The van der Waals surface area contributed by atoms with Gasteiger partial charge >= 0.3 is 0 Å². The van der Waals surface area contributed by atoms with E-state index in [2.05, 4.69) is 30.8 Å². The number of aryl methyl sites for hydroxylation is 1. The smallest absolute Gasteiger partial charge is 0.151 e. The Kier molecular flexibility index (Phi) is 2.95. The largest absolute Gasteiger partial charge is 0.372 e. The molecule has 0 radical (unpaired) electrons. The average Bonchev–Trinajstić information content (AvgIpc) is 2.72. The van der Waals surface area contributed by atoms with Crippen LogP contribution in [0.25, 0.3) is 0 Å². The van der Waals surface area contributed by atoms with Gasteiger partial charge in [-0.05, 0) is 0 Å². The number of nitrogens with one attached hydrogen (secondary N) is 2. The second-order valence-electron chi connectivity index (χ2n) is 3.25. The van der Waals surface area contributed by atoms with Gasteiger partial charge in [-0.15, -0.1) is 10.2 Å². The van der Waals surface area contributed by atoms with E-state index in [0.717, 1.165) is 11.6 Å². The van der Waals surface area contributed by atoms with Gasteiger partial charge in [0, 0.05) is 14.1 Å². The highest BCUT2D eigenvalue weighted by molar-refractivity contribution is 5.40. The summed E-state index contributed by atoms with van der Waals surface area (Å²) in [5, 5.41) is 13.8. The fraction of sp³-hybridized carbons (Fsp3) is 0.333. The summed E-state index contributed by atoms with van der Waals surface area (Å²) >= 11 is 0. The van der Waals surface area contributed by atoms with Gasteiger partial charge < -0.3 is 15.2 Å². The Morgan fingerprint density at radius 2 is 2.12 bits per heavy atom. The highest BCUT2D eigenvalue weighted by Crippen LogP contribution is 2.06. The highest BCUT2D eigenvalue weighted by atomic mass is 15.3. The van der Waals surface area contributed by atoms with E-state index in [0.29, 0.717) is 12.4 Å². The topological polar surface area (TPSA) is 80.5 Å². The van der Waals surface area contributed by atoms with E-state index in [4.69, 9.17) is 0 Å². The molecule has 0 aliphatic carbocycles. The van der Waals surface area contributed by atoms with E-state index < -0.39 is 0 Å². The molecule has 0 unspecified atom stereocenters. The van der Waals surface area contributed by atoms with E-state index in [1.54, 1.807) is 25.8 Å². The van der Waals surface area contributed by atoms with Gasteiger partial charge in [-0.2, -0.15) is 0 Å². The first-order valence-corrected chi connectivity index (χ1v) is 4.86. The molecule has 2 heterocycles. The van der Waals surface area contributed by atoms with Gasteiger partial charge in [0.1, 0.15) is 18.0 Å². The molecule has 0 amide bonds. The first-order chi connectivity index (χ1) is 7.79. The van der Waals surface area contributed by atoms with Crippen LogP contribution in [0.5, 0.6) is 0 Å². The number of anilines is 2. The van der Waals surface area contributed by atoms with E-state index >= 15 is 0 Å². The quantitative estimate of drug-likeness (QED) is 0.767. The maximum absolute atomic E-state index is 4.28. The van der Waals surface area contributed by atoms with Gasteiger partial charge in [0.2, 0.25) is 0 Å². The van der Waals surface area contributed by atoms with Crippen LogP contribution in [-0.2, 0) is 13.6 Å². The third kappa shape index (κ3) is 2.25. The third-order valence-electron chi connectivity index (χ3n) is 2.12. The van der Waals surface area contributed by atoms with E-state index in [1.165, 1.54) is 0 Å². The van der Waals surface area contributed by atoms with Crippen molar-refractivity contribution in [2.24, 2.45) is 7.05 Å². The molecule has 0 saturated heterocycles. The van der Waals surface area contributed by atoms with Crippen molar-refractivity contribution in [3.63, 3.8) is 0 Å². The molecule has 0 atom stereocenters. The van der Waals surface area contributed by atoms with Gasteiger partial charge in [-0.25, -0.2) is 4.98 Å². The van der Waals surface area contributed by atoms with Gasteiger partial charge in [0.25, 0.3) is 0 Å². The molecule has 0 bridgehead atoms. The van der Waals surface area contributed by atoms with Crippen molar-refractivity contribution in [1.82, 2.24) is 24.7 Å². The van der Waals surface area contributed by atoms with Crippen LogP contribution in [0.4, 0.5) is 11.6 Å². The molecule has 84 valence electrons. The van der Waals surface area contributed by atoms with Crippen LogP contribution in [0.2, 0.25) is 0 Å². The summed E-state index contributed by atoms with van der Waals surface area (Å²) in [7, 11) is 3.70. The minimum atomic E-state index is 0.568. The van der Waals surface area contributed by atoms with Crippen LogP contribution >= 0.6 is 0 Å². The summed E-state index contributed by atoms with van der Waals surface area (Å²) < 4.78 is 1.85. The second kappa shape index (κ2) is 4.56. The first-order valence-electron chi connectivity index (χ1n) is 4.86. The number of rotatable bonds is 4. The third-order valence-corrected chi connectivity index (χ3v) is 2.12. The number of hydrogen-bond donors (Lipinski definition) is 2. The Morgan fingerprint density at radius 3 is 2.81 bits per heavy atom. The summed E-state index contributed by atoms with van der Waals surface area (Å²) in [6, 6.07) is 0. The molecule has 16 heavy (non-hydrogen) atoms. The van der Waals surface area contributed by atoms with E-state index in [-0.39, 0.29) is 0 Å². The molecule has 0 aromatic carbocycles. The fourth-order valence-electron chi connectivity index (χ4n) is 1.21. The Hall–Kier alpha value is -2.18. The summed E-state index contributed by atoms with van der Waals surface area (Å²) in [6.07, 6.45) is 4.98. The van der Waals surface area contributed by atoms with Crippen LogP contribution < -0.4 is 10.6 Å². The summed E-state index contributed by atoms with van der Waals surface area (Å²) in [4.78, 5) is 8.33. The molecule has 2 rings (SSSR count). The average molecular weight is 219 g/mol. The zero-order chi connectivity index (χ0) is 11.4. The van der Waals surface area contributed by atoms with Gasteiger partial charge in [-0.1, -0.05) is 0 Å². The molecule has 0 spiro atoms. The van der Waals surface area contributed by atoms with Crippen molar-refractivity contribution in [3.8, 4) is 0 Å². The summed E-state index contributed by atoms with van der Waals surface area (Å²) in [5.41, 5.74) is 0. The lowest BCUT2D eigenvalue weighted by Gasteiger charge is -2.05. The van der Waals surface area contributed by atoms with Gasteiger partial charge in [-0.3, -0.25) is 4.98 Å². The molecule has 0 saturated carbocycles. The number of aromatic nitrogens is 5. The Bertz CT molecular complexity index is 464. The monoisotopic (exact) mass is 219 g/mol. The SMILES string of the molecule is CNc1cncc(NCc2nncn2C)n1. The Labute approximate surface area is 92.9 Å². The molecule has 7 nitrogen and oxygen atoms in total.